The van der Waals surface area contributed by atoms with E-state index in [1.54, 1.807) is 0 Å². The zero-order valence-corrected chi connectivity index (χ0v) is 23.7. The third kappa shape index (κ3) is 11.7. The van der Waals surface area contributed by atoms with E-state index >= 15 is 0 Å². The fraction of sp³-hybridized carbons (Fsp3) is 0.419. The van der Waals surface area contributed by atoms with Gasteiger partial charge in [-0.05, 0) is 35.4 Å². The minimum absolute atomic E-state index is 0.187. The second-order valence-electron chi connectivity index (χ2n) is 9.33. The van der Waals surface area contributed by atoms with Crippen LogP contribution in [-0.2, 0) is 34.0 Å². The number of hydrogen-bond acceptors (Lipinski definition) is 10. The van der Waals surface area contributed by atoms with E-state index in [0.717, 1.165) is 23.3 Å². The van der Waals surface area contributed by atoms with Gasteiger partial charge in [0, 0.05) is 30.4 Å². The molecule has 0 saturated heterocycles. The average molecular weight is 573 g/mol. The third-order valence-electron chi connectivity index (χ3n) is 5.99. The number of aliphatic hydroxyl groups is 2. The standard InChI is InChI=1S/C31H40O10/c1-5-27(34)36-17-7-19-38-29(21-32)40-25-13-9-23(10-14-25)31(3,4)24-11-15-26(16-12-24)41-30(22-33)39-20-8-18-37-28(35)6-2/h5-6,9-16,29-30,32-33H,1-2,7-8,17-22H2,3-4H3. The summed E-state index contributed by atoms with van der Waals surface area (Å²) in [7, 11) is 0. The van der Waals surface area contributed by atoms with Gasteiger partial charge in [-0.1, -0.05) is 51.3 Å². The second-order valence-corrected chi connectivity index (χ2v) is 9.33. The van der Waals surface area contributed by atoms with Gasteiger partial charge in [0.15, 0.2) is 0 Å². The Bertz CT molecular complexity index is 994. The quantitative estimate of drug-likeness (QED) is 0.105. The van der Waals surface area contributed by atoms with Crippen LogP contribution in [0.25, 0.3) is 0 Å². The summed E-state index contributed by atoms with van der Waals surface area (Å²) in [5.74, 6) is 0.0935. The molecule has 0 aliphatic heterocycles. The Morgan fingerprint density at radius 1 is 0.707 bits per heavy atom. The highest BCUT2D eigenvalue weighted by molar-refractivity contribution is 5.81. The van der Waals surface area contributed by atoms with E-state index in [2.05, 4.69) is 27.0 Å². The first-order valence-corrected chi connectivity index (χ1v) is 13.3. The molecule has 10 heteroatoms. The van der Waals surface area contributed by atoms with Crippen LogP contribution >= 0.6 is 0 Å². The molecule has 0 saturated carbocycles. The molecule has 2 rings (SSSR count). The highest BCUT2D eigenvalue weighted by Gasteiger charge is 2.24. The largest absolute Gasteiger partial charge is 0.462 e. The van der Waals surface area contributed by atoms with Crippen LogP contribution < -0.4 is 9.47 Å². The Morgan fingerprint density at radius 3 is 1.39 bits per heavy atom. The number of rotatable bonds is 20. The molecule has 0 heterocycles. The molecule has 10 nitrogen and oxygen atoms in total. The van der Waals surface area contributed by atoms with E-state index in [1.165, 1.54) is 0 Å². The molecule has 0 bridgehead atoms. The number of hydrogen-bond donors (Lipinski definition) is 2. The van der Waals surface area contributed by atoms with Crippen molar-refractivity contribution >= 4 is 11.9 Å². The first-order valence-electron chi connectivity index (χ1n) is 13.3. The number of benzene rings is 2. The molecule has 0 aromatic heterocycles. The molecule has 2 aromatic carbocycles. The Hall–Kier alpha value is -3.70. The summed E-state index contributed by atoms with van der Waals surface area (Å²) in [5, 5.41) is 19.2. The SMILES string of the molecule is C=CC(=O)OCCCOC(CO)Oc1ccc(C(C)(C)c2ccc(OC(CO)OCCCOC(=O)C=C)cc2)cc1. The van der Waals surface area contributed by atoms with E-state index < -0.39 is 24.5 Å². The molecule has 0 fully saturated rings. The average Bonchev–Trinajstić information content (AvgIpc) is 2.99. The zero-order valence-electron chi connectivity index (χ0n) is 23.7. The van der Waals surface area contributed by atoms with Crippen LogP contribution in [0.1, 0.15) is 37.8 Å². The van der Waals surface area contributed by atoms with Gasteiger partial charge in [-0.25, -0.2) is 9.59 Å². The number of carbonyl (C=O) groups excluding carboxylic acids is 2. The first kappa shape index (κ1) is 33.5. The monoisotopic (exact) mass is 572 g/mol. The summed E-state index contributed by atoms with van der Waals surface area (Å²) in [6, 6.07) is 15.1. The van der Waals surface area contributed by atoms with Crippen LogP contribution in [0.4, 0.5) is 0 Å². The molecule has 0 amide bonds. The number of carbonyl (C=O) groups is 2. The van der Waals surface area contributed by atoms with E-state index in [1.807, 2.05) is 48.5 Å². The lowest BCUT2D eigenvalue weighted by atomic mass is 9.78. The highest BCUT2D eigenvalue weighted by atomic mass is 16.7. The van der Waals surface area contributed by atoms with Gasteiger partial charge in [0.25, 0.3) is 0 Å². The minimum Gasteiger partial charge on any atom is -0.462 e. The van der Waals surface area contributed by atoms with Crippen LogP contribution in [0.5, 0.6) is 11.5 Å². The molecule has 0 spiro atoms. The Kier molecular flexibility index (Phi) is 14.6. The van der Waals surface area contributed by atoms with Gasteiger partial charge in [0.1, 0.15) is 24.7 Å². The fourth-order valence-electron chi connectivity index (χ4n) is 3.63. The maximum atomic E-state index is 11.1. The predicted octanol–water partition coefficient (Wildman–Crippen LogP) is 3.68. The van der Waals surface area contributed by atoms with Crippen molar-refractivity contribution < 1.29 is 48.2 Å². The van der Waals surface area contributed by atoms with Gasteiger partial charge >= 0.3 is 11.9 Å². The van der Waals surface area contributed by atoms with E-state index in [0.29, 0.717) is 24.3 Å². The van der Waals surface area contributed by atoms with Crippen LogP contribution in [0.3, 0.4) is 0 Å². The van der Waals surface area contributed by atoms with Crippen LogP contribution in [0, 0.1) is 0 Å². The Labute approximate surface area is 241 Å². The number of esters is 2. The van der Waals surface area contributed by atoms with Gasteiger partial charge < -0.3 is 38.6 Å². The molecular weight excluding hydrogens is 532 g/mol. The summed E-state index contributed by atoms with van der Waals surface area (Å²) < 4.78 is 32.3. The van der Waals surface area contributed by atoms with Gasteiger partial charge in [-0.2, -0.15) is 0 Å². The van der Waals surface area contributed by atoms with Gasteiger partial charge in [0.05, 0.1) is 26.4 Å². The summed E-state index contributed by atoms with van der Waals surface area (Å²) in [6.07, 6.45) is 1.41. The van der Waals surface area contributed by atoms with Gasteiger partial charge in [-0.15, -0.1) is 0 Å². The number of ether oxygens (including phenoxy) is 6. The van der Waals surface area contributed by atoms with E-state index in [-0.39, 0.29) is 45.1 Å². The summed E-state index contributed by atoms with van der Waals surface area (Å²) in [5.41, 5.74) is 1.73. The molecule has 2 aromatic rings. The van der Waals surface area contributed by atoms with Crippen molar-refractivity contribution in [3.63, 3.8) is 0 Å². The maximum Gasteiger partial charge on any atom is 0.330 e. The van der Waals surface area contributed by atoms with E-state index in [4.69, 9.17) is 28.4 Å². The second kappa shape index (κ2) is 17.9. The molecule has 0 aliphatic rings. The van der Waals surface area contributed by atoms with Crippen molar-refractivity contribution in [2.24, 2.45) is 0 Å². The molecule has 224 valence electrons. The van der Waals surface area contributed by atoms with Crippen molar-refractivity contribution in [3.05, 3.63) is 85.0 Å². The van der Waals surface area contributed by atoms with Gasteiger partial charge in [-0.3, -0.25) is 0 Å². The molecule has 2 unspecified atom stereocenters. The van der Waals surface area contributed by atoms with Gasteiger partial charge in [0.2, 0.25) is 12.6 Å². The molecule has 2 atom stereocenters. The molecule has 0 radical (unpaired) electrons. The predicted molar refractivity (Wildman–Crippen MR) is 151 cm³/mol. The normalized spacial score (nSPS) is 12.6. The molecule has 41 heavy (non-hydrogen) atoms. The molecular formula is C31H40O10. The lowest BCUT2D eigenvalue weighted by molar-refractivity contribution is -0.140. The van der Waals surface area contributed by atoms with Crippen molar-refractivity contribution in [1.82, 2.24) is 0 Å². The first-order chi connectivity index (χ1) is 19.7. The molecule has 0 aliphatic carbocycles. The highest BCUT2D eigenvalue weighted by Crippen LogP contribution is 2.33. The van der Waals surface area contributed by atoms with Crippen molar-refractivity contribution in [2.75, 3.05) is 39.6 Å². The lowest BCUT2D eigenvalue weighted by Crippen LogP contribution is -2.26. The smallest absolute Gasteiger partial charge is 0.330 e. The summed E-state index contributed by atoms with van der Waals surface area (Å²) in [4.78, 5) is 22.1. The van der Waals surface area contributed by atoms with Crippen molar-refractivity contribution in [2.45, 2.75) is 44.7 Å². The van der Waals surface area contributed by atoms with E-state index in [9.17, 15) is 19.8 Å². The Morgan fingerprint density at radius 2 is 1.07 bits per heavy atom. The van der Waals surface area contributed by atoms with Crippen molar-refractivity contribution in [1.29, 1.82) is 0 Å². The molecule has 2 N–H and O–H groups in total. The van der Waals surface area contributed by atoms with Crippen LogP contribution in [-0.4, -0.2) is 74.4 Å². The summed E-state index contributed by atoms with van der Waals surface area (Å²) >= 11 is 0. The third-order valence-corrected chi connectivity index (χ3v) is 5.99. The number of aliphatic hydroxyl groups excluding tert-OH is 2. The minimum atomic E-state index is -0.849. The topological polar surface area (TPSA) is 130 Å². The maximum absolute atomic E-state index is 11.1. The Balaban J connectivity index is 1.87. The van der Waals surface area contributed by atoms with Crippen LogP contribution in [0.15, 0.2) is 73.8 Å². The fourth-order valence-corrected chi connectivity index (χ4v) is 3.63. The zero-order chi connectivity index (χ0) is 30.1. The lowest BCUT2D eigenvalue weighted by Gasteiger charge is -2.27. The van der Waals surface area contributed by atoms with Crippen LogP contribution in [0.2, 0.25) is 0 Å². The van der Waals surface area contributed by atoms with Crippen molar-refractivity contribution in [3.8, 4) is 11.5 Å². The summed E-state index contributed by atoms with van der Waals surface area (Å²) in [6.45, 7) is 11.1.